The van der Waals surface area contributed by atoms with Crippen LogP contribution < -0.4 is 11.1 Å². The molecule has 0 aromatic heterocycles. The Balaban J connectivity index is 2.47. The highest BCUT2D eigenvalue weighted by Crippen LogP contribution is 2.08. The Hall–Kier alpha value is -1.50. The van der Waals surface area contributed by atoms with E-state index in [1.165, 1.54) is 0 Å². The molecule has 0 radical (unpaired) electrons. The van der Waals surface area contributed by atoms with E-state index in [-0.39, 0.29) is 5.91 Å². The zero-order valence-corrected chi connectivity index (χ0v) is 9.55. The van der Waals surface area contributed by atoms with E-state index in [4.69, 9.17) is 17.3 Å². The molecular weight excluding hydrogens is 224 g/mol. The van der Waals surface area contributed by atoms with Gasteiger partial charge in [0.15, 0.2) is 0 Å². The molecule has 0 aliphatic carbocycles. The molecule has 1 rings (SSSR count). The minimum atomic E-state index is -0.289. The van der Waals surface area contributed by atoms with Gasteiger partial charge < -0.3 is 11.1 Å². The number of carbonyl (C=O) groups is 1. The van der Waals surface area contributed by atoms with E-state index in [0.717, 1.165) is 12.0 Å². The van der Waals surface area contributed by atoms with Crippen LogP contribution in [0.1, 0.15) is 12.0 Å². The third-order valence-corrected chi connectivity index (χ3v) is 2.08. The highest BCUT2D eigenvalue weighted by molar-refractivity contribution is 6.30. The summed E-state index contributed by atoms with van der Waals surface area (Å²) in [5.41, 5.74) is 6.06. The van der Waals surface area contributed by atoms with Gasteiger partial charge in [-0.05, 0) is 37.2 Å². The van der Waals surface area contributed by atoms with Crippen LogP contribution in [0.25, 0.3) is 0 Å². The van der Waals surface area contributed by atoms with Crippen molar-refractivity contribution in [2.45, 2.75) is 6.42 Å². The predicted octanol–water partition coefficient (Wildman–Crippen LogP) is 1.16. The van der Waals surface area contributed by atoms with E-state index in [2.05, 4.69) is 17.2 Å². The second kappa shape index (κ2) is 6.89. The molecule has 84 valence electrons. The summed E-state index contributed by atoms with van der Waals surface area (Å²) in [6.07, 6.45) is 0.758. The SMILES string of the molecule is NCCCNC(=O)C#Cc1ccc(Cl)cc1. The summed E-state index contributed by atoms with van der Waals surface area (Å²) >= 11 is 5.72. The molecule has 1 aromatic carbocycles. The van der Waals surface area contributed by atoms with Gasteiger partial charge in [0, 0.05) is 23.1 Å². The summed E-state index contributed by atoms with van der Waals surface area (Å²) in [6.45, 7) is 1.12. The lowest BCUT2D eigenvalue weighted by Gasteiger charge is -1.96. The molecule has 0 spiro atoms. The first-order chi connectivity index (χ1) is 7.72. The van der Waals surface area contributed by atoms with Crippen molar-refractivity contribution in [3.63, 3.8) is 0 Å². The number of benzene rings is 1. The van der Waals surface area contributed by atoms with Crippen LogP contribution >= 0.6 is 11.6 Å². The van der Waals surface area contributed by atoms with Crippen LogP contribution in [0, 0.1) is 11.8 Å². The number of nitrogens with two attached hydrogens (primary N) is 1. The molecule has 0 saturated carbocycles. The maximum Gasteiger partial charge on any atom is 0.296 e. The second-order valence-corrected chi connectivity index (χ2v) is 3.59. The lowest BCUT2D eigenvalue weighted by molar-refractivity contribution is -0.115. The quantitative estimate of drug-likeness (QED) is 0.611. The minimum Gasteiger partial charge on any atom is -0.345 e. The largest absolute Gasteiger partial charge is 0.345 e. The Morgan fingerprint density at radius 2 is 2.06 bits per heavy atom. The molecule has 3 N–H and O–H groups in total. The normalized spacial score (nSPS) is 9.12. The number of nitrogens with one attached hydrogen (secondary N) is 1. The zero-order valence-electron chi connectivity index (χ0n) is 8.79. The third-order valence-electron chi connectivity index (χ3n) is 1.83. The molecule has 0 aliphatic rings. The maximum atomic E-state index is 11.2. The average molecular weight is 237 g/mol. The van der Waals surface area contributed by atoms with Crippen LogP contribution in [0.15, 0.2) is 24.3 Å². The fourth-order valence-corrected chi connectivity index (χ4v) is 1.14. The Morgan fingerprint density at radius 3 is 2.69 bits per heavy atom. The van der Waals surface area contributed by atoms with Crippen molar-refractivity contribution >= 4 is 17.5 Å². The number of halogens is 1. The average Bonchev–Trinajstić information content (AvgIpc) is 2.29. The van der Waals surface area contributed by atoms with Gasteiger partial charge in [0.1, 0.15) is 0 Å². The molecule has 1 aromatic rings. The van der Waals surface area contributed by atoms with Crippen molar-refractivity contribution in [2.75, 3.05) is 13.1 Å². The van der Waals surface area contributed by atoms with E-state index >= 15 is 0 Å². The van der Waals surface area contributed by atoms with Crippen molar-refractivity contribution in [3.05, 3.63) is 34.9 Å². The van der Waals surface area contributed by atoms with Crippen LogP contribution in [-0.4, -0.2) is 19.0 Å². The fourth-order valence-electron chi connectivity index (χ4n) is 1.01. The monoisotopic (exact) mass is 236 g/mol. The van der Waals surface area contributed by atoms with E-state index in [0.29, 0.717) is 18.1 Å². The number of amides is 1. The van der Waals surface area contributed by atoms with Crippen LogP contribution in [-0.2, 0) is 4.79 Å². The highest BCUT2D eigenvalue weighted by Gasteiger charge is 1.93. The van der Waals surface area contributed by atoms with Crippen molar-refractivity contribution in [2.24, 2.45) is 5.73 Å². The molecule has 4 heteroatoms. The van der Waals surface area contributed by atoms with Gasteiger partial charge in [0.2, 0.25) is 0 Å². The molecule has 0 atom stereocenters. The highest BCUT2D eigenvalue weighted by atomic mass is 35.5. The fraction of sp³-hybridized carbons (Fsp3) is 0.250. The number of hydrogen-bond acceptors (Lipinski definition) is 2. The topological polar surface area (TPSA) is 55.1 Å². The minimum absolute atomic E-state index is 0.289. The molecule has 0 bridgehead atoms. The van der Waals surface area contributed by atoms with Gasteiger partial charge in [0.05, 0.1) is 0 Å². The van der Waals surface area contributed by atoms with Crippen molar-refractivity contribution < 1.29 is 4.79 Å². The van der Waals surface area contributed by atoms with E-state index in [9.17, 15) is 4.79 Å². The number of hydrogen-bond donors (Lipinski definition) is 2. The molecule has 0 heterocycles. The molecule has 3 nitrogen and oxygen atoms in total. The van der Waals surface area contributed by atoms with Crippen molar-refractivity contribution in [3.8, 4) is 11.8 Å². The summed E-state index contributed by atoms with van der Waals surface area (Å²) in [7, 11) is 0. The van der Waals surface area contributed by atoms with Crippen molar-refractivity contribution in [1.82, 2.24) is 5.32 Å². The molecule has 0 fully saturated rings. The Morgan fingerprint density at radius 1 is 1.38 bits per heavy atom. The standard InChI is InChI=1S/C12H13ClN2O/c13-11-5-2-10(3-6-11)4-7-12(16)15-9-1-8-14/h2-3,5-6H,1,8-9,14H2,(H,15,16). The maximum absolute atomic E-state index is 11.2. The lowest BCUT2D eigenvalue weighted by Crippen LogP contribution is -2.24. The van der Waals surface area contributed by atoms with Gasteiger partial charge in [0.25, 0.3) is 5.91 Å². The van der Waals surface area contributed by atoms with Gasteiger partial charge >= 0.3 is 0 Å². The smallest absolute Gasteiger partial charge is 0.296 e. The summed E-state index contributed by atoms with van der Waals surface area (Å²) in [6, 6.07) is 7.00. The first-order valence-corrected chi connectivity index (χ1v) is 5.35. The second-order valence-electron chi connectivity index (χ2n) is 3.16. The first kappa shape index (κ1) is 12.6. The number of carbonyl (C=O) groups excluding carboxylic acids is 1. The summed E-state index contributed by atoms with van der Waals surface area (Å²) in [5, 5.41) is 3.30. The zero-order chi connectivity index (χ0) is 11.8. The van der Waals surface area contributed by atoms with Gasteiger partial charge in [-0.25, -0.2) is 0 Å². The first-order valence-electron chi connectivity index (χ1n) is 4.98. The van der Waals surface area contributed by atoms with Crippen LogP contribution in [0.4, 0.5) is 0 Å². The molecule has 1 amide bonds. The summed E-state index contributed by atoms with van der Waals surface area (Å²) in [5.74, 6) is 4.95. The third kappa shape index (κ3) is 4.83. The molecule has 0 unspecified atom stereocenters. The summed E-state index contributed by atoms with van der Waals surface area (Å²) < 4.78 is 0. The van der Waals surface area contributed by atoms with E-state index in [1.54, 1.807) is 24.3 Å². The predicted molar refractivity (Wildman–Crippen MR) is 65.0 cm³/mol. The van der Waals surface area contributed by atoms with Crippen LogP contribution in [0.5, 0.6) is 0 Å². The summed E-state index contributed by atoms with van der Waals surface area (Å²) in [4.78, 5) is 11.2. The molecule has 16 heavy (non-hydrogen) atoms. The molecular formula is C12H13ClN2O. The number of rotatable bonds is 3. The van der Waals surface area contributed by atoms with E-state index < -0.39 is 0 Å². The molecule has 0 aliphatic heterocycles. The van der Waals surface area contributed by atoms with Crippen LogP contribution in [0.3, 0.4) is 0 Å². The van der Waals surface area contributed by atoms with Gasteiger partial charge in [-0.2, -0.15) is 0 Å². The Bertz CT molecular complexity index is 403. The lowest BCUT2D eigenvalue weighted by atomic mass is 10.2. The van der Waals surface area contributed by atoms with Crippen molar-refractivity contribution in [1.29, 1.82) is 0 Å². The molecule has 0 saturated heterocycles. The van der Waals surface area contributed by atoms with E-state index in [1.807, 2.05) is 0 Å². The Kier molecular flexibility index (Phi) is 5.41. The van der Waals surface area contributed by atoms with Gasteiger partial charge in [-0.3, -0.25) is 4.79 Å². The van der Waals surface area contributed by atoms with Gasteiger partial charge in [-0.1, -0.05) is 17.5 Å². The van der Waals surface area contributed by atoms with Gasteiger partial charge in [-0.15, -0.1) is 0 Å². The Labute approximate surface area is 100.0 Å². The van der Waals surface area contributed by atoms with Crippen LogP contribution in [0.2, 0.25) is 5.02 Å².